The van der Waals surface area contributed by atoms with Crippen molar-refractivity contribution in [1.29, 1.82) is 0 Å². The summed E-state index contributed by atoms with van der Waals surface area (Å²) in [5.74, 6) is 0. The van der Waals surface area contributed by atoms with Gasteiger partial charge in [-0.2, -0.15) is 0 Å². The number of ether oxygens (including phenoxy) is 1. The van der Waals surface area contributed by atoms with E-state index in [2.05, 4.69) is 84.9 Å². The summed E-state index contributed by atoms with van der Waals surface area (Å²) in [5, 5.41) is 0. The van der Waals surface area contributed by atoms with E-state index in [0.717, 1.165) is 5.56 Å². The molecule has 0 aliphatic carbocycles. The van der Waals surface area contributed by atoms with Crippen LogP contribution in [-0.2, 0) is 4.74 Å². The molecule has 0 N–H and O–H groups in total. The van der Waals surface area contributed by atoms with Gasteiger partial charge < -0.3 is 7.43 Å². The van der Waals surface area contributed by atoms with Gasteiger partial charge in [0.05, 0.1) is 0 Å². The van der Waals surface area contributed by atoms with Crippen LogP contribution in [0.1, 0.15) is 5.56 Å². The van der Waals surface area contributed by atoms with Crippen LogP contribution in [0.5, 0.6) is 0 Å². The van der Waals surface area contributed by atoms with Gasteiger partial charge in [-0.3, -0.25) is 0 Å². The number of methoxy groups -OCH3 is 1. The second-order valence-electron chi connectivity index (χ2n) is 4.95. The zero-order chi connectivity index (χ0) is 15.2. The Labute approximate surface area is 177 Å². The quantitative estimate of drug-likeness (QED) is 0.290. The van der Waals surface area contributed by atoms with Crippen molar-refractivity contribution in [3.8, 4) is 0 Å². The predicted octanol–water partition coefficient (Wildman–Crippen LogP) is 2.81. The van der Waals surface area contributed by atoms with E-state index in [-0.39, 0.29) is 38.5 Å². The first-order valence-electron chi connectivity index (χ1n) is 7.25. The van der Waals surface area contributed by atoms with Crippen LogP contribution in [0, 0.1) is 45.1 Å². The molecule has 0 aliphatic heterocycles. The van der Waals surface area contributed by atoms with E-state index >= 15 is 0 Å². The van der Waals surface area contributed by atoms with Crippen LogP contribution in [0.4, 0.5) is 0 Å². The van der Waals surface area contributed by atoms with Crippen LogP contribution in [0.3, 0.4) is 0 Å². The van der Waals surface area contributed by atoms with E-state index in [1.54, 1.807) is 13.7 Å². The number of rotatable bonds is 5. The van der Waals surface area contributed by atoms with E-state index in [1.165, 1.54) is 9.81 Å². The maximum absolute atomic E-state index is 5.09. The predicted molar refractivity (Wildman–Crippen MR) is 101 cm³/mol. The fraction of sp³-hybridized carbons (Fsp3) is 0.0476. The van der Waals surface area contributed by atoms with Gasteiger partial charge in [0.2, 0.25) is 0 Å². The van der Waals surface area contributed by atoms with Crippen LogP contribution >= 0.6 is 0 Å². The molecule has 1 nitrogen and oxygen atoms in total. The molecule has 24 heavy (non-hydrogen) atoms. The van der Waals surface area contributed by atoms with Gasteiger partial charge in [-0.15, -0.1) is 0 Å². The SMILES string of the molecule is CO[CH-]c1cc[c]([Bi]([c]2ccccc2)[c]2ccccc2)cc1.[CH3-].[U+2]. The third-order valence-corrected chi connectivity index (χ3v) is 12.9. The minimum absolute atomic E-state index is 0. The monoisotopic (exact) mass is 736 g/mol. The van der Waals surface area contributed by atoms with Crippen molar-refractivity contribution < 1.29 is 35.9 Å². The summed E-state index contributed by atoms with van der Waals surface area (Å²) < 4.78 is 9.59. The molecule has 0 atom stereocenters. The van der Waals surface area contributed by atoms with Gasteiger partial charge in [0.1, 0.15) is 0 Å². The smallest absolute Gasteiger partial charge is 0.358 e. The fourth-order valence-corrected chi connectivity index (χ4v) is 11.3. The van der Waals surface area contributed by atoms with Crippen molar-refractivity contribution in [3.05, 3.63) is 105 Å². The van der Waals surface area contributed by atoms with E-state index in [9.17, 15) is 0 Å². The summed E-state index contributed by atoms with van der Waals surface area (Å²) in [6, 6.07) is 30.7. The minimum Gasteiger partial charge on any atom is -0.358 e. The van der Waals surface area contributed by atoms with Gasteiger partial charge in [-0.25, -0.2) is 0 Å². The maximum Gasteiger partial charge on any atom is 2.00 e. The van der Waals surface area contributed by atoms with Crippen LogP contribution in [0.15, 0.2) is 84.9 Å². The second-order valence-corrected chi connectivity index (χ2v) is 13.6. The third kappa shape index (κ3) is 5.47. The molecule has 0 aromatic heterocycles. The topological polar surface area (TPSA) is 9.23 Å². The van der Waals surface area contributed by atoms with Crippen molar-refractivity contribution in [2.24, 2.45) is 0 Å². The largest absolute Gasteiger partial charge is 2.00 e. The molecule has 0 bridgehead atoms. The number of hydrogen-bond acceptors (Lipinski definition) is 1. The Morgan fingerprint density at radius 1 is 0.667 bits per heavy atom. The summed E-state index contributed by atoms with van der Waals surface area (Å²) in [7, 11) is 1.68. The van der Waals surface area contributed by atoms with Gasteiger partial charge in [-0.1, -0.05) is 0 Å². The molecule has 3 aromatic rings. The first-order valence-corrected chi connectivity index (χ1v) is 12.5. The number of benzene rings is 3. The minimum atomic E-state index is -2.18. The van der Waals surface area contributed by atoms with Crippen LogP contribution < -0.4 is 9.81 Å². The van der Waals surface area contributed by atoms with Gasteiger partial charge in [0, 0.05) is 0 Å². The Morgan fingerprint density at radius 3 is 1.50 bits per heavy atom. The standard InChI is InChI=1S/C8H8O.2C6H5.CH3.Bi.U/c1-9-7-8-5-3-2-4-6-8;2*1-2-4-6-5-3-1;;;/h3-7H,1H3;2*1-5H;1H3;;/q-1;;;-1;;+2. The van der Waals surface area contributed by atoms with Crippen LogP contribution in [0.25, 0.3) is 0 Å². The molecule has 120 valence electrons. The molecule has 3 aromatic carbocycles. The molecule has 3 rings (SSSR count). The third-order valence-electron chi connectivity index (χ3n) is 3.43. The normalized spacial score (nSPS) is 9.75. The van der Waals surface area contributed by atoms with E-state index < -0.39 is 21.8 Å². The average molecular weight is 736 g/mol. The van der Waals surface area contributed by atoms with Gasteiger partial charge in [0.25, 0.3) is 0 Å². The first kappa shape index (κ1) is 21.5. The fourth-order valence-electron chi connectivity index (χ4n) is 2.44. The van der Waals surface area contributed by atoms with Gasteiger partial charge in [-0.05, 0) is 0 Å². The van der Waals surface area contributed by atoms with Crippen molar-refractivity contribution in [3.63, 3.8) is 0 Å². The molecular weight excluding hydrogens is 715 g/mol. The summed E-state index contributed by atoms with van der Waals surface area (Å²) in [4.78, 5) is 0. The van der Waals surface area contributed by atoms with E-state index in [1.807, 2.05) is 0 Å². The first-order chi connectivity index (χ1) is 10.9. The van der Waals surface area contributed by atoms with Crippen molar-refractivity contribution in [2.45, 2.75) is 0 Å². The summed E-state index contributed by atoms with van der Waals surface area (Å²) in [6.45, 7) is 1.78. The molecule has 0 unspecified atom stereocenters. The number of hydrogen-bond donors (Lipinski definition) is 0. The molecule has 0 saturated heterocycles. The van der Waals surface area contributed by atoms with Gasteiger partial charge >= 0.3 is 172 Å². The second kappa shape index (κ2) is 11.1. The summed E-state index contributed by atoms with van der Waals surface area (Å²) >= 11 is -2.18. The Kier molecular flexibility index (Phi) is 9.95. The molecular formula is C21H21BiOU. The molecule has 0 saturated carbocycles. The van der Waals surface area contributed by atoms with Crippen molar-refractivity contribution in [1.82, 2.24) is 0 Å². The van der Waals surface area contributed by atoms with Crippen LogP contribution in [-0.4, -0.2) is 28.9 Å². The zero-order valence-electron chi connectivity index (χ0n) is 14.0. The zero-order valence-corrected chi connectivity index (χ0v) is 21.7. The summed E-state index contributed by atoms with van der Waals surface area (Å²) in [6.07, 6.45) is 0. The Balaban J connectivity index is 0.00000144. The average Bonchev–Trinajstić information content (AvgIpc) is 2.59. The van der Waals surface area contributed by atoms with E-state index in [4.69, 9.17) is 4.74 Å². The maximum atomic E-state index is 5.09. The van der Waals surface area contributed by atoms with Crippen molar-refractivity contribution in [2.75, 3.05) is 7.11 Å². The molecule has 0 fully saturated rings. The Hall–Kier alpha value is -0.575. The molecule has 0 radical (unpaired) electrons. The Morgan fingerprint density at radius 2 is 1.08 bits per heavy atom. The van der Waals surface area contributed by atoms with Gasteiger partial charge in [0.15, 0.2) is 0 Å². The molecule has 0 spiro atoms. The van der Waals surface area contributed by atoms with Crippen molar-refractivity contribution >= 4 is 31.6 Å². The molecule has 0 amide bonds. The van der Waals surface area contributed by atoms with Crippen LogP contribution in [0.2, 0.25) is 0 Å². The van der Waals surface area contributed by atoms with E-state index in [0.29, 0.717) is 0 Å². The molecule has 0 heterocycles. The molecule has 0 aliphatic rings. The molecule has 3 heteroatoms. The summed E-state index contributed by atoms with van der Waals surface area (Å²) in [5.41, 5.74) is 1.11. The Bertz CT molecular complexity index is 659.